The number of ether oxygens (including phenoxy) is 1. The van der Waals surface area contributed by atoms with E-state index in [-0.39, 0.29) is 5.75 Å². The lowest BCUT2D eigenvalue weighted by Crippen LogP contribution is -2.35. The predicted molar refractivity (Wildman–Crippen MR) is 74.9 cm³/mol. The fourth-order valence-electron chi connectivity index (χ4n) is 1.68. The zero-order valence-corrected chi connectivity index (χ0v) is 12.1. The number of unbranched alkanes of at least 4 members (excludes halogenated alkanes) is 1. The minimum absolute atomic E-state index is 0.118. The van der Waals surface area contributed by atoms with Crippen molar-refractivity contribution in [1.82, 2.24) is 4.72 Å². The summed E-state index contributed by atoms with van der Waals surface area (Å²) in [6.45, 7) is 0.483. The van der Waals surface area contributed by atoms with Crippen molar-refractivity contribution >= 4 is 16.0 Å². The molecule has 20 heavy (non-hydrogen) atoms. The number of carbonyl (C=O) groups is 1. The van der Waals surface area contributed by atoms with Crippen molar-refractivity contribution < 1.29 is 23.1 Å². The van der Waals surface area contributed by atoms with E-state index in [1.165, 1.54) is 0 Å². The SMILES string of the molecule is COCCCCS(=O)(=O)N[C@@H](C(=O)O)c1ccccc1. The number of benzene rings is 1. The van der Waals surface area contributed by atoms with E-state index in [0.29, 0.717) is 25.0 Å². The summed E-state index contributed by atoms with van der Waals surface area (Å²) in [6, 6.07) is 6.96. The van der Waals surface area contributed by atoms with E-state index in [0.717, 1.165) is 0 Å². The minimum Gasteiger partial charge on any atom is -0.480 e. The number of nitrogens with one attached hydrogen (secondary N) is 1. The Hall–Kier alpha value is -1.44. The van der Waals surface area contributed by atoms with Crippen molar-refractivity contribution in [2.45, 2.75) is 18.9 Å². The van der Waals surface area contributed by atoms with Crippen molar-refractivity contribution in [3.05, 3.63) is 35.9 Å². The van der Waals surface area contributed by atoms with E-state index in [2.05, 4.69) is 4.72 Å². The molecule has 7 heteroatoms. The fourth-order valence-corrected chi connectivity index (χ4v) is 2.98. The van der Waals surface area contributed by atoms with Crippen molar-refractivity contribution in [3.63, 3.8) is 0 Å². The number of hydrogen-bond acceptors (Lipinski definition) is 4. The number of rotatable bonds is 9. The fraction of sp³-hybridized carbons (Fsp3) is 0.462. The Bertz CT molecular complexity index is 515. The highest BCUT2D eigenvalue weighted by atomic mass is 32.2. The van der Waals surface area contributed by atoms with Crippen LogP contribution in [0.1, 0.15) is 24.4 Å². The van der Waals surface area contributed by atoms with Gasteiger partial charge in [-0.25, -0.2) is 8.42 Å². The topological polar surface area (TPSA) is 92.7 Å². The van der Waals surface area contributed by atoms with E-state index >= 15 is 0 Å². The largest absolute Gasteiger partial charge is 0.480 e. The normalized spacial score (nSPS) is 13.1. The molecule has 1 aromatic carbocycles. The van der Waals surface area contributed by atoms with Gasteiger partial charge in [-0.3, -0.25) is 4.79 Å². The molecular weight excluding hydrogens is 282 g/mol. The highest BCUT2D eigenvalue weighted by molar-refractivity contribution is 7.89. The molecule has 0 bridgehead atoms. The molecule has 0 aliphatic carbocycles. The molecule has 0 aromatic heterocycles. The maximum atomic E-state index is 11.9. The van der Waals surface area contributed by atoms with Gasteiger partial charge in [-0.1, -0.05) is 30.3 Å². The van der Waals surface area contributed by atoms with Crippen LogP contribution in [0.5, 0.6) is 0 Å². The van der Waals surface area contributed by atoms with Gasteiger partial charge >= 0.3 is 5.97 Å². The van der Waals surface area contributed by atoms with Crippen LogP contribution in [0.3, 0.4) is 0 Å². The number of methoxy groups -OCH3 is 1. The molecule has 0 fully saturated rings. The summed E-state index contributed by atoms with van der Waals surface area (Å²) in [4.78, 5) is 11.2. The lowest BCUT2D eigenvalue weighted by atomic mass is 10.1. The number of carboxylic acids is 1. The molecule has 0 aliphatic rings. The molecular formula is C13H19NO5S. The van der Waals surface area contributed by atoms with Gasteiger partial charge in [-0.2, -0.15) is 4.72 Å². The van der Waals surface area contributed by atoms with Gasteiger partial charge in [0, 0.05) is 13.7 Å². The Balaban J connectivity index is 2.68. The zero-order valence-electron chi connectivity index (χ0n) is 11.3. The van der Waals surface area contributed by atoms with Gasteiger partial charge < -0.3 is 9.84 Å². The lowest BCUT2D eigenvalue weighted by Gasteiger charge is -2.15. The molecule has 0 saturated carbocycles. The number of aliphatic carboxylic acids is 1. The van der Waals surface area contributed by atoms with Gasteiger partial charge in [0.25, 0.3) is 0 Å². The number of carboxylic acid groups (broad SMARTS) is 1. The van der Waals surface area contributed by atoms with Crippen LogP contribution in [0.2, 0.25) is 0 Å². The summed E-state index contributed by atoms with van der Waals surface area (Å²) in [7, 11) is -2.10. The van der Waals surface area contributed by atoms with Crippen molar-refractivity contribution in [2.75, 3.05) is 19.5 Å². The monoisotopic (exact) mass is 301 g/mol. The first-order valence-electron chi connectivity index (χ1n) is 6.23. The maximum Gasteiger partial charge on any atom is 0.326 e. The van der Waals surface area contributed by atoms with E-state index in [1.807, 2.05) is 0 Å². The lowest BCUT2D eigenvalue weighted by molar-refractivity contribution is -0.139. The summed E-state index contributed by atoms with van der Waals surface area (Å²) in [5.74, 6) is -1.34. The molecule has 0 aliphatic heterocycles. The Labute approximate surface area is 118 Å². The second-order valence-corrected chi connectivity index (χ2v) is 6.19. The van der Waals surface area contributed by atoms with Gasteiger partial charge in [0.2, 0.25) is 10.0 Å². The molecule has 1 rings (SSSR count). The molecule has 6 nitrogen and oxygen atoms in total. The van der Waals surface area contributed by atoms with Gasteiger partial charge in [-0.05, 0) is 18.4 Å². The maximum absolute atomic E-state index is 11.9. The predicted octanol–water partition coefficient (Wildman–Crippen LogP) is 1.16. The average molecular weight is 301 g/mol. The molecule has 0 spiro atoms. The summed E-state index contributed by atoms with van der Waals surface area (Å²) in [6.07, 6.45) is 1.03. The molecule has 2 N–H and O–H groups in total. The first kappa shape index (κ1) is 16.6. The first-order valence-corrected chi connectivity index (χ1v) is 7.88. The Morgan fingerprint density at radius 1 is 1.30 bits per heavy atom. The standard InChI is InChI=1S/C13H19NO5S/c1-19-9-5-6-10-20(17,18)14-12(13(15)16)11-7-3-2-4-8-11/h2-4,7-8,12,14H,5-6,9-10H2,1H3,(H,15,16)/t12-/m1/s1. The Morgan fingerprint density at radius 3 is 2.50 bits per heavy atom. The molecule has 1 atom stereocenters. The molecule has 0 saturated heterocycles. The summed E-state index contributed by atoms with van der Waals surface area (Å²) < 4.78 is 30.8. The Kier molecular flexibility index (Phi) is 6.63. The molecule has 0 amide bonds. The minimum atomic E-state index is -3.64. The van der Waals surface area contributed by atoms with Gasteiger partial charge in [0.15, 0.2) is 0 Å². The van der Waals surface area contributed by atoms with Crippen LogP contribution < -0.4 is 4.72 Å². The third-order valence-electron chi connectivity index (χ3n) is 2.69. The van der Waals surface area contributed by atoms with Crippen molar-refractivity contribution in [3.8, 4) is 0 Å². The van der Waals surface area contributed by atoms with Crippen LogP contribution in [-0.2, 0) is 19.6 Å². The average Bonchev–Trinajstić information content (AvgIpc) is 2.42. The van der Waals surface area contributed by atoms with E-state index in [9.17, 15) is 13.2 Å². The molecule has 0 radical (unpaired) electrons. The second-order valence-electron chi connectivity index (χ2n) is 4.32. The highest BCUT2D eigenvalue weighted by Gasteiger charge is 2.25. The van der Waals surface area contributed by atoms with E-state index in [1.54, 1.807) is 37.4 Å². The van der Waals surface area contributed by atoms with E-state index in [4.69, 9.17) is 9.84 Å². The van der Waals surface area contributed by atoms with Crippen LogP contribution in [0.4, 0.5) is 0 Å². The second kappa shape index (κ2) is 7.98. The third kappa shape index (κ3) is 5.68. The molecule has 112 valence electrons. The quantitative estimate of drug-likeness (QED) is 0.668. The van der Waals surface area contributed by atoms with Crippen LogP contribution in [0.15, 0.2) is 30.3 Å². The summed E-state index contributed by atoms with van der Waals surface area (Å²) in [5.41, 5.74) is 0.403. The third-order valence-corrected chi connectivity index (χ3v) is 4.11. The van der Waals surface area contributed by atoms with Crippen LogP contribution in [0.25, 0.3) is 0 Å². The van der Waals surface area contributed by atoms with Crippen LogP contribution >= 0.6 is 0 Å². The summed E-state index contributed by atoms with van der Waals surface area (Å²) >= 11 is 0. The summed E-state index contributed by atoms with van der Waals surface area (Å²) in [5, 5.41) is 9.15. The van der Waals surface area contributed by atoms with Crippen LogP contribution in [0, 0.1) is 0 Å². The van der Waals surface area contributed by atoms with Gasteiger partial charge in [0.1, 0.15) is 6.04 Å². The highest BCUT2D eigenvalue weighted by Crippen LogP contribution is 2.14. The van der Waals surface area contributed by atoms with Gasteiger partial charge in [-0.15, -0.1) is 0 Å². The number of hydrogen-bond donors (Lipinski definition) is 2. The molecule has 1 aromatic rings. The van der Waals surface area contributed by atoms with Crippen LogP contribution in [-0.4, -0.2) is 39.0 Å². The molecule has 0 unspecified atom stereocenters. The van der Waals surface area contributed by atoms with Crippen molar-refractivity contribution in [1.29, 1.82) is 0 Å². The first-order chi connectivity index (χ1) is 9.46. The van der Waals surface area contributed by atoms with Gasteiger partial charge in [0.05, 0.1) is 5.75 Å². The van der Waals surface area contributed by atoms with Crippen molar-refractivity contribution in [2.24, 2.45) is 0 Å². The zero-order chi connectivity index (χ0) is 15.0. The molecule has 0 heterocycles. The Morgan fingerprint density at radius 2 is 1.95 bits per heavy atom. The smallest absolute Gasteiger partial charge is 0.326 e. The van der Waals surface area contributed by atoms with E-state index < -0.39 is 22.0 Å². The number of sulfonamides is 1.